The molecule has 0 saturated heterocycles. The summed E-state index contributed by atoms with van der Waals surface area (Å²) in [4.78, 5) is 0. The van der Waals surface area contributed by atoms with Crippen LogP contribution in [0.15, 0.2) is 0 Å². The van der Waals surface area contributed by atoms with Crippen LogP contribution in [0.1, 0.15) is 25.7 Å². The van der Waals surface area contributed by atoms with Gasteiger partial charge < -0.3 is 29.9 Å². The highest BCUT2D eigenvalue weighted by Gasteiger charge is 2.23. The van der Waals surface area contributed by atoms with Gasteiger partial charge in [0.25, 0.3) is 0 Å². The van der Waals surface area contributed by atoms with Gasteiger partial charge in [-0.05, 0) is 25.7 Å². The second-order valence-corrected chi connectivity index (χ2v) is 4.74. The first-order valence-corrected chi connectivity index (χ1v) is 6.46. The summed E-state index contributed by atoms with van der Waals surface area (Å²) in [6.45, 7) is -0.235. The molecule has 1 saturated carbocycles. The van der Waals surface area contributed by atoms with Crippen molar-refractivity contribution in [3.63, 3.8) is 0 Å². The largest absolute Gasteiger partial charge is 0.394 e. The standard InChI is InChI=1S/C12H24O6/c13-5-9(15)7-17-11-1-2-12(4-3-11)18-8-10(16)6-14/h9-16H,1-8H2. The van der Waals surface area contributed by atoms with Crippen molar-refractivity contribution in [3.05, 3.63) is 0 Å². The van der Waals surface area contributed by atoms with Gasteiger partial charge >= 0.3 is 0 Å². The summed E-state index contributed by atoms with van der Waals surface area (Å²) in [6.07, 6.45) is 1.98. The van der Waals surface area contributed by atoms with E-state index in [-0.39, 0.29) is 38.6 Å². The summed E-state index contributed by atoms with van der Waals surface area (Å²) in [5.41, 5.74) is 0. The van der Waals surface area contributed by atoms with Crippen molar-refractivity contribution in [2.75, 3.05) is 26.4 Å². The van der Waals surface area contributed by atoms with Crippen molar-refractivity contribution >= 4 is 0 Å². The summed E-state index contributed by atoms with van der Waals surface area (Å²) >= 11 is 0. The van der Waals surface area contributed by atoms with E-state index in [4.69, 9.17) is 29.9 Å². The molecular weight excluding hydrogens is 240 g/mol. The third-order valence-corrected chi connectivity index (χ3v) is 3.09. The molecule has 2 atom stereocenters. The minimum Gasteiger partial charge on any atom is -0.394 e. The minimum atomic E-state index is -0.807. The second-order valence-electron chi connectivity index (χ2n) is 4.74. The number of rotatable bonds is 8. The average molecular weight is 264 g/mol. The van der Waals surface area contributed by atoms with E-state index >= 15 is 0 Å². The Labute approximate surface area is 107 Å². The van der Waals surface area contributed by atoms with Crippen LogP contribution < -0.4 is 0 Å². The van der Waals surface area contributed by atoms with E-state index in [9.17, 15) is 0 Å². The monoisotopic (exact) mass is 264 g/mol. The SMILES string of the molecule is OCC(O)COC1CCC(OCC(O)CO)CC1. The number of aliphatic hydroxyl groups excluding tert-OH is 4. The van der Waals surface area contributed by atoms with E-state index in [1.807, 2.05) is 0 Å². The van der Waals surface area contributed by atoms with Gasteiger partial charge in [0, 0.05) is 0 Å². The zero-order valence-electron chi connectivity index (χ0n) is 10.6. The Hall–Kier alpha value is -0.240. The number of ether oxygens (including phenoxy) is 2. The fourth-order valence-corrected chi connectivity index (χ4v) is 1.97. The molecule has 0 aliphatic heterocycles. The first-order valence-electron chi connectivity index (χ1n) is 6.46. The van der Waals surface area contributed by atoms with Gasteiger partial charge in [0.1, 0.15) is 12.2 Å². The summed E-state index contributed by atoms with van der Waals surface area (Å²) < 4.78 is 11.0. The lowest BCUT2D eigenvalue weighted by Crippen LogP contribution is -2.31. The number of hydrogen-bond acceptors (Lipinski definition) is 6. The zero-order chi connectivity index (χ0) is 13.4. The van der Waals surface area contributed by atoms with E-state index in [0.717, 1.165) is 25.7 Å². The number of aliphatic hydroxyl groups is 4. The summed E-state index contributed by atoms with van der Waals surface area (Å²) in [5.74, 6) is 0. The van der Waals surface area contributed by atoms with E-state index in [1.165, 1.54) is 0 Å². The molecule has 1 fully saturated rings. The Morgan fingerprint density at radius 2 is 1.11 bits per heavy atom. The Kier molecular flexibility index (Phi) is 7.73. The quantitative estimate of drug-likeness (QED) is 0.450. The van der Waals surface area contributed by atoms with Gasteiger partial charge in [0.2, 0.25) is 0 Å². The molecule has 18 heavy (non-hydrogen) atoms. The molecule has 1 aliphatic rings. The second kappa shape index (κ2) is 8.79. The average Bonchev–Trinajstić information content (AvgIpc) is 2.43. The number of hydrogen-bond donors (Lipinski definition) is 4. The first-order chi connectivity index (χ1) is 8.65. The van der Waals surface area contributed by atoms with Crippen LogP contribution >= 0.6 is 0 Å². The van der Waals surface area contributed by atoms with Gasteiger partial charge in [0.15, 0.2) is 0 Å². The summed E-state index contributed by atoms with van der Waals surface area (Å²) in [5, 5.41) is 35.6. The maximum Gasteiger partial charge on any atom is 0.100 e. The molecule has 0 aromatic rings. The maximum atomic E-state index is 9.16. The molecule has 1 rings (SSSR count). The Morgan fingerprint density at radius 1 is 0.778 bits per heavy atom. The van der Waals surface area contributed by atoms with Crippen molar-refractivity contribution in [2.24, 2.45) is 0 Å². The maximum absolute atomic E-state index is 9.16. The minimum absolute atomic E-state index is 0.105. The lowest BCUT2D eigenvalue weighted by molar-refractivity contribution is -0.0774. The molecule has 0 aromatic carbocycles. The molecule has 0 amide bonds. The molecule has 0 spiro atoms. The first kappa shape index (κ1) is 15.8. The fraction of sp³-hybridized carbons (Fsp3) is 1.00. The van der Waals surface area contributed by atoms with E-state index in [0.29, 0.717) is 0 Å². The molecular formula is C12H24O6. The van der Waals surface area contributed by atoms with E-state index < -0.39 is 12.2 Å². The van der Waals surface area contributed by atoms with Crippen molar-refractivity contribution in [3.8, 4) is 0 Å². The van der Waals surface area contributed by atoms with Crippen LogP contribution in [0, 0.1) is 0 Å². The van der Waals surface area contributed by atoms with Crippen molar-refractivity contribution in [1.82, 2.24) is 0 Å². The van der Waals surface area contributed by atoms with Gasteiger partial charge in [0.05, 0.1) is 38.6 Å². The van der Waals surface area contributed by atoms with Crippen LogP contribution in [0.3, 0.4) is 0 Å². The van der Waals surface area contributed by atoms with E-state index in [1.54, 1.807) is 0 Å². The Bertz CT molecular complexity index is 183. The molecule has 6 nitrogen and oxygen atoms in total. The van der Waals surface area contributed by atoms with Crippen LogP contribution in [0.5, 0.6) is 0 Å². The molecule has 0 heterocycles. The molecule has 2 unspecified atom stereocenters. The van der Waals surface area contributed by atoms with Gasteiger partial charge in [-0.25, -0.2) is 0 Å². The smallest absolute Gasteiger partial charge is 0.100 e. The lowest BCUT2D eigenvalue weighted by Gasteiger charge is -2.29. The van der Waals surface area contributed by atoms with Crippen LogP contribution in [0.2, 0.25) is 0 Å². The third kappa shape index (κ3) is 6.08. The van der Waals surface area contributed by atoms with Crippen molar-refractivity contribution in [2.45, 2.75) is 50.1 Å². The molecule has 0 aromatic heterocycles. The molecule has 4 N–H and O–H groups in total. The lowest BCUT2D eigenvalue weighted by atomic mass is 9.95. The highest BCUT2D eigenvalue weighted by Crippen LogP contribution is 2.23. The van der Waals surface area contributed by atoms with Gasteiger partial charge in [-0.15, -0.1) is 0 Å². The zero-order valence-corrected chi connectivity index (χ0v) is 10.6. The highest BCUT2D eigenvalue weighted by atomic mass is 16.5. The summed E-state index contributed by atoms with van der Waals surface area (Å²) in [7, 11) is 0. The molecule has 6 heteroatoms. The molecule has 0 radical (unpaired) electrons. The van der Waals surface area contributed by atoms with Crippen molar-refractivity contribution in [1.29, 1.82) is 0 Å². The Morgan fingerprint density at radius 3 is 1.39 bits per heavy atom. The van der Waals surface area contributed by atoms with Crippen LogP contribution in [-0.4, -0.2) is 71.3 Å². The van der Waals surface area contributed by atoms with E-state index in [2.05, 4.69) is 0 Å². The predicted molar refractivity (Wildman–Crippen MR) is 64.1 cm³/mol. The fourth-order valence-electron chi connectivity index (χ4n) is 1.97. The van der Waals surface area contributed by atoms with Gasteiger partial charge in [-0.3, -0.25) is 0 Å². The highest BCUT2D eigenvalue weighted by molar-refractivity contribution is 4.74. The third-order valence-electron chi connectivity index (χ3n) is 3.09. The molecule has 0 bridgehead atoms. The van der Waals surface area contributed by atoms with Crippen LogP contribution in [-0.2, 0) is 9.47 Å². The predicted octanol–water partition coefficient (Wildman–Crippen LogP) is -0.963. The van der Waals surface area contributed by atoms with Crippen LogP contribution in [0.4, 0.5) is 0 Å². The molecule has 1 aliphatic carbocycles. The molecule has 108 valence electrons. The normalized spacial score (nSPS) is 28.0. The van der Waals surface area contributed by atoms with Gasteiger partial charge in [-0.2, -0.15) is 0 Å². The Balaban J connectivity index is 2.09. The summed E-state index contributed by atoms with van der Waals surface area (Å²) in [6, 6.07) is 0. The topological polar surface area (TPSA) is 99.4 Å². The van der Waals surface area contributed by atoms with Gasteiger partial charge in [-0.1, -0.05) is 0 Å². The van der Waals surface area contributed by atoms with Crippen LogP contribution in [0.25, 0.3) is 0 Å². The van der Waals surface area contributed by atoms with Crippen molar-refractivity contribution < 1.29 is 29.9 Å².